The minimum absolute atomic E-state index is 0.0222. The number of aryl methyl sites for hydroxylation is 1. The van der Waals surface area contributed by atoms with Crippen LogP contribution in [0.15, 0.2) is 24.8 Å². The largest absolute Gasteiger partial charge is 0.461 e. The number of nitrogens with zero attached hydrogens (tertiary/aromatic N) is 4. The summed E-state index contributed by atoms with van der Waals surface area (Å²) < 4.78 is 6.89. The van der Waals surface area contributed by atoms with Crippen LogP contribution in [0.3, 0.4) is 0 Å². The van der Waals surface area contributed by atoms with E-state index in [2.05, 4.69) is 25.7 Å². The highest BCUT2D eigenvalue weighted by Gasteiger charge is 2.11. The Hall–Kier alpha value is -2.68. The molecule has 0 aromatic carbocycles. The van der Waals surface area contributed by atoms with Crippen LogP contribution in [0, 0.1) is 0 Å². The first-order valence-corrected chi connectivity index (χ1v) is 7.14. The van der Waals surface area contributed by atoms with Crippen molar-refractivity contribution in [3.8, 4) is 6.01 Å². The van der Waals surface area contributed by atoms with E-state index in [0.29, 0.717) is 11.3 Å². The van der Waals surface area contributed by atoms with Gasteiger partial charge >= 0.3 is 12.0 Å². The summed E-state index contributed by atoms with van der Waals surface area (Å²) in [6.45, 7) is 3.81. The molecule has 0 aliphatic rings. The Morgan fingerprint density at radius 2 is 2.04 bits per heavy atom. The Balaban J connectivity index is 1.80. The third kappa shape index (κ3) is 5.22. The van der Waals surface area contributed by atoms with Crippen molar-refractivity contribution in [1.82, 2.24) is 25.1 Å². The average Bonchev–Trinajstić information content (AvgIpc) is 2.93. The number of aromatic nitrogens is 4. The topological polar surface area (TPSA) is 114 Å². The molecule has 9 nitrogen and oxygen atoms in total. The molecule has 2 aromatic rings. The number of carbonyl (C=O) groups is 1. The van der Waals surface area contributed by atoms with Crippen molar-refractivity contribution in [1.29, 1.82) is 0 Å². The van der Waals surface area contributed by atoms with Crippen molar-refractivity contribution >= 4 is 11.7 Å². The van der Waals surface area contributed by atoms with Crippen LogP contribution in [0.25, 0.3) is 0 Å². The van der Waals surface area contributed by atoms with E-state index in [1.807, 2.05) is 13.8 Å². The van der Waals surface area contributed by atoms with Gasteiger partial charge in [-0.25, -0.2) is 14.8 Å². The second-order valence-electron chi connectivity index (χ2n) is 5.22. The molecule has 2 amide bonds. The van der Waals surface area contributed by atoms with E-state index in [1.54, 1.807) is 24.1 Å². The predicted molar refractivity (Wildman–Crippen MR) is 83.0 cm³/mol. The molecule has 3 N–H and O–H groups in total. The van der Waals surface area contributed by atoms with Gasteiger partial charge in [-0.05, 0) is 13.8 Å². The fraction of sp³-hybridized carbons (Fsp3) is 0.429. The maximum atomic E-state index is 11.8. The number of amides is 2. The van der Waals surface area contributed by atoms with Gasteiger partial charge in [-0.3, -0.25) is 4.68 Å². The molecule has 1 unspecified atom stereocenters. The van der Waals surface area contributed by atoms with Crippen LogP contribution in [0.1, 0.15) is 25.5 Å². The van der Waals surface area contributed by atoms with Gasteiger partial charge in [-0.2, -0.15) is 5.10 Å². The minimum atomic E-state index is -0.826. The van der Waals surface area contributed by atoms with Crippen molar-refractivity contribution in [2.45, 2.75) is 26.1 Å². The molecule has 0 fully saturated rings. The second-order valence-corrected chi connectivity index (χ2v) is 5.22. The quantitative estimate of drug-likeness (QED) is 0.727. The summed E-state index contributed by atoms with van der Waals surface area (Å²) in [5, 5.41) is 19.0. The van der Waals surface area contributed by atoms with Gasteiger partial charge in [0.15, 0.2) is 0 Å². The third-order valence-corrected chi connectivity index (χ3v) is 2.79. The molecular formula is C14H20N6O3. The predicted octanol–water partition coefficient (Wildman–Crippen LogP) is 0.852. The number of hydrogen-bond donors (Lipinski definition) is 3. The molecule has 0 saturated carbocycles. The molecule has 0 spiro atoms. The SMILES string of the molecule is CC(C)Oc1ncc(NC(=O)NCC(O)c2cnn(C)c2)cn1. The first kappa shape index (κ1) is 16.7. The summed E-state index contributed by atoms with van der Waals surface area (Å²) in [5.74, 6) is 0. The van der Waals surface area contributed by atoms with Crippen LogP contribution >= 0.6 is 0 Å². The van der Waals surface area contributed by atoms with E-state index in [-0.39, 0.29) is 18.7 Å². The van der Waals surface area contributed by atoms with Gasteiger partial charge in [0, 0.05) is 25.4 Å². The summed E-state index contributed by atoms with van der Waals surface area (Å²) in [4.78, 5) is 19.7. The molecule has 23 heavy (non-hydrogen) atoms. The molecule has 0 aliphatic carbocycles. The maximum Gasteiger partial charge on any atom is 0.319 e. The van der Waals surface area contributed by atoms with E-state index in [4.69, 9.17) is 4.74 Å². The second kappa shape index (κ2) is 7.54. The summed E-state index contributed by atoms with van der Waals surface area (Å²) in [6, 6.07) is -0.216. The van der Waals surface area contributed by atoms with E-state index >= 15 is 0 Å². The summed E-state index contributed by atoms with van der Waals surface area (Å²) in [6.07, 6.45) is 5.28. The lowest BCUT2D eigenvalue weighted by molar-refractivity contribution is 0.175. The number of aliphatic hydroxyl groups excluding tert-OH is 1. The standard InChI is InChI=1S/C14H20N6O3/c1-9(2)23-14-16-5-11(6-17-14)19-13(22)15-7-12(21)10-4-18-20(3)8-10/h4-6,8-9,12,21H,7H2,1-3H3,(H2,15,19,22). The van der Waals surface area contributed by atoms with E-state index in [0.717, 1.165) is 0 Å². The molecule has 0 bridgehead atoms. The van der Waals surface area contributed by atoms with E-state index in [1.165, 1.54) is 12.4 Å². The van der Waals surface area contributed by atoms with Crippen LogP contribution in [-0.4, -0.2) is 43.5 Å². The molecule has 0 radical (unpaired) electrons. The Morgan fingerprint density at radius 3 is 2.61 bits per heavy atom. The fourth-order valence-electron chi connectivity index (χ4n) is 1.75. The highest BCUT2D eigenvalue weighted by atomic mass is 16.5. The lowest BCUT2D eigenvalue weighted by Gasteiger charge is -2.11. The molecule has 2 heterocycles. The number of hydrogen-bond acceptors (Lipinski definition) is 6. The van der Waals surface area contributed by atoms with Crippen LogP contribution in [0.2, 0.25) is 0 Å². The number of nitrogens with one attached hydrogen (secondary N) is 2. The van der Waals surface area contributed by atoms with Gasteiger partial charge in [0.2, 0.25) is 0 Å². The number of aliphatic hydroxyl groups is 1. The van der Waals surface area contributed by atoms with Crippen LogP contribution in [0.5, 0.6) is 6.01 Å². The Kier molecular flexibility index (Phi) is 5.47. The van der Waals surface area contributed by atoms with Crippen molar-refractivity contribution in [2.24, 2.45) is 7.05 Å². The minimum Gasteiger partial charge on any atom is -0.461 e. The van der Waals surface area contributed by atoms with Gasteiger partial charge in [-0.1, -0.05) is 0 Å². The maximum absolute atomic E-state index is 11.8. The summed E-state index contributed by atoms with van der Waals surface area (Å²) in [5.41, 5.74) is 1.06. The van der Waals surface area contributed by atoms with E-state index in [9.17, 15) is 9.90 Å². The zero-order valence-corrected chi connectivity index (χ0v) is 13.2. The van der Waals surface area contributed by atoms with Crippen LogP contribution in [0.4, 0.5) is 10.5 Å². The first-order valence-electron chi connectivity index (χ1n) is 7.14. The van der Waals surface area contributed by atoms with Gasteiger partial charge in [0.05, 0.1) is 36.5 Å². The summed E-state index contributed by atoms with van der Waals surface area (Å²) in [7, 11) is 1.75. The zero-order chi connectivity index (χ0) is 16.8. The molecule has 0 saturated heterocycles. The van der Waals surface area contributed by atoms with Gasteiger partial charge in [-0.15, -0.1) is 0 Å². The molecule has 0 aliphatic heterocycles. The van der Waals surface area contributed by atoms with Gasteiger partial charge in [0.1, 0.15) is 0 Å². The first-order chi connectivity index (χ1) is 10.9. The zero-order valence-electron chi connectivity index (χ0n) is 13.2. The van der Waals surface area contributed by atoms with E-state index < -0.39 is 12.1 Å². The Morgan fingerprint density at radius 1 is 1.35 bits per heavy atom. The van der Waals surface area contributed by atoms with Crippen LogP contribution in [-0.2, 0) is 7.05 Å². The van der Waals surface area contributed by atoms with Crippen molar-refractivity contribution in [3.63, 3.8) is 0 Å². The molecule has 1 atom stereocenters. The number of ether oxygens (including phenoxy) is 1. The molecule has 124 valence electrons. The van der Waals surface area contributed by atoms with Gasteiger partial charge < -0.3 is 20.5 Å². The van der Waals surface area contributed by atoms with Crippen molar-refractivity contribution < 1.29 is 14.6 Å². The smallest absolute Gasteiger partial charge is 0.319 e. The molecule has 2 aromatic heterocycles. The normalized spacial score (nSPS) is 12.0. The number of rotatable bonds is 6. The number of anilines is 1. The lowest BCUT2D eigenvalue weighted by atomic mass is 10.2. The Labute approximate surface area is 133 Å². The number of urea groups is 1. The summed E-state index contributed by atoms with van der Waals surface area (Å²) >= 11 is 0. The highest BCUT2D eigenvalue weighted by molar-refractivity contribution is 5.88. The van der Waals surface area contributed by atoms with Crippen molar-refractivity contribution in [2.75, 3.05) is 11.9 Å². The fourth-order valence-corrected chi connectivity index (χ4v) is 1.75. The van der Waals surface area contributed by atoms with Crippen LogP contribution < -0.4 is 15.4 Å². The average molecular weight is 320 g/mol. The lowest BCUT2D eigenvalue weighted by Crippen LogP contribution is -2.32. The van der Waals surface area contributed by atoms with Crippen molar-refractivity contribution in [3.05, 3.63) is 30.4 Å². The Bertz CT molecular complexity index is 640. The molecule has 2 rings (SSSR count). The molecular weight excluding hydrogens is 300 g/mol. The number of carbonyl (C=O) groups excluding carboxylic acids is 1. The van der Waals surface area contributed by atoms with Gasteiger partial charge in [0.25, 0.3) is 0 Å². The third-order valence-electron chi connectivity index (χ3n) is 2.79. The highest BCUT2D eigenvalue weighted by Crippen LogP contribution is 2.11. The monoisotopic (exact) mass is 320 g/mol. The molecule has 9 heteroatoms.